The summed E-state index contributed by atoms with van der Waals surface area (Å²) in [6.45, 7) is 0. The molecule has 0 aliphatic carbocycles. The molecule has 1 aromatic rings. The lowest BCUT2D eigenvalue weighted by Gasteiger charge is -1.97. The standard InChI is InChI=1S/C10H8N2O2/c11-6-8(7-12)10(13)4-3-9-2-1-5-14-9/h1-2,5,8H,3-4H2. The van der Waals surface area contributed by atoms with E-state index in [0.29, 0.717) is 12.2 Å². The van der Waals surface area contributed by atoms with Crippen molar-refractivity contribution in [3.05, 3.63) is 24.2 Å². The second-order valence-electron chi connectivity index (χ2n) is 2.74. The summed E-state index contributed by atoms with van der Waals surface area (Å²) in [4.78, 5) is 11.2. The van der Waals surface area contributed by atoms with Crippen LogP contribution in [0.3, 0.4) is 0 Å². The predicted molar refractivity (Wildman–Crippen MR) is 46.8 cm³/mol. The van der Waals surface area contributed by atoms with Crippen molar-refractivity contribution < 1.29 is 9.21 Å². The van der Waals surface area contributed by atoms with Gasteiger partial charge in [0.15, 0.2) is 11.7 Å². The molecule has 0 bridgehead atoms. The van der Waals surface area contributed by atoms with Crippen molar-refractivity contribution in [1.82, 2.24) is 0 Å². The van der Waals surface area contributed by atoms with Gasteiger partial charge in [0, 0.05) is 12.8 Å². The highest BCUT2D eigenvalue weighted by atomic mass is 16.3. The zero-order chi connectivity index (χ0) is 10.4. The van der Waals surface area contributed by atoms with Crippen molar-refractivity contribution in [1.29, 1.82) is 10.5 Å². The Morgan fingerprint density at radius 3 is 2.71 bits per heavy atom. The van der Waals surface area contributed by atoms with Gasteiger partial charge in [-0.3, -0.25) is 4.79 Å². The maximum Gasteiger partial charge on any atom is 0.191 e. The third kappa shape index (κ3) is 2.46. The highest BCUT2D eigenvalue weighted by Crippen LogP contribution is 2.07. The molecule has 0 spiro atoms. The van der Waals surface area contributed by atoms with E-state index in [0.717, 1.165) is 0 Å². The van der Waals surface area contributed by atoms with Crippen molar-refractivity contribution in [2.24, 2.45) is 5.92 Å². The van der Waals surface area contributed by atoms with E-state index in [4.69, 9.17) is 14.9 Å². The molecular formula is C10H8N2O2. The molecule has 1 rings (SSSR count). The topological polar surface area (TPSA) is 77.8 Å². The van der Waals surface area contributed by atoms with Crippen LogP contribution in [0.25, 0.3) is 0 Å². The van der Waals surface area contributed by atoms with E-state index in [2.05, 4.69) is 0 Å². The van der Waals surface area contributed by atoms with E-state index >= 15 is 0 Å². The minimum atomic E-state index is -1.15. The molecule has 0 saturated heterocycles. The van der Waals surface area contributed by atoms with E-state index in [1.165, 1.54) is 6.26 Å². The summed E-state index contributed by atoms with van der Waals surface area (Å²) in [5.41, 5.74) is 0. The summed E-state index contributed by atoms with van der Waals surface area (Å²) in [6, 6.07) is 6.76. The first-order valence-electron chi connectivity index (χ1n) is 4.12. The molecule has 0 fully saturated rings. The van der Waals surface area contributed by atoms with Crippen molar-refractivity contribution >= 4 is 5.78 Å². The second kappa shape index (κ2) is 4.84. The molecule has 4 nitrogen and oxygen atoms in total. The maximum absolute atomic E-state index is 11.2. The molecule has 0 aromatic carbocycles. The number of hydrogen-bond donors (Lipinski definition) is 0. The Kier molecular flexibility index (Phi) is 3.46. The number of nitriles is 2. The van der Waals surface area contributed by atoms with Crippen LogP contribution in [0.4, 0.5) is 0 Å². The van der Waals surface area contributed by atoms with E-state index in [1.54, 1.807) is 24.3 Å². The molecule has 0 aliphatic rings. The molecule has 1 aromatic heterocycles. The molecule has 0 saturated carbocycles. The van der Waals surface area contributed by atoms with Gasteiger partial charge in [-0.2, -0.15) is 10.5 Å². The van der Waals surface area contributed by atoms with Gasteiger partial charge < -0.3 is 4.42 Å². The highest BCUT2D eigenvalue weighted by molar-refractivity contribution is 5.85. The van der Waals surface area contributed by atoms with Crippen LogP contribution >= 0.6 is 0 Å². The van der Waals surface area contributed by atoms with Crippen molar-refractivity contribution in [2.75, 3.05) is 0 Å². The molecule has 14 heavy (non-hydrogen) atoms. The number of ketones is 1. The molecule has 0 radical (unpaired) electrons. The monoisotopic (exact) mass is 188 g/mol. The number of carbonyl (C=O) groups is 1. The zero-order valence-corrected chi connectivity index (χ0v) is 7.43. The quantitative estimate of drug-likeness (QED) is 0.716. The van der Waals surface area contributed by atoms with Crippen molar-refractivity contribution in [3.8, 4) is 12.1 Å². The van der Waals surface area contributed by atoms with Crippen LogP contribution in [0.1, 0.15) is 12.2 Å². The van der Waals surface area contributed by atoms with Crippen LogP contribution < -0.4 is 0 Å². The minimum Gasteiger partial charge on any atom is -0.469 e. The predicted octanol–water partition coefficient (Wildman–Crippen LogP) is 1.44. The van der Waals surface area contributed by atoms with E-state index in [9.17, 15) is 4.79 Å². The average molecular weight is 188 g/mol. The van der Waals surface area contributed by atoms with Gasteiger partial charge in [0.05, 0.1) is 18.4 Å². The Balaban J connectivity index is 2.44. The van der Waals surface area contributed by atoms with Gasteiger partial charge in [-0.05, 0) is 12.1 Å². The van der Waals surface area contributed by atoms with E-state index < -0.39 is 5.92 Å². The lowest BCUT2D eigenvalue weighted by atomic mass is 10.0. The number of carbonyl (C=O) groups excluding carboxylic acids is 1. The smallest absolute Gasteiger partial charge is 0.191 e. The third-order valence-corrected chi connectivity index (χ3v) is 1.78. The van der Waals surface area contributed by atoms with Crippen LogP contribution in [0.2, 0.25) is 0 Å². The van der Waals surface area contributed by atoms with Gasteiger partial charge in [-0.1, -0.05) is 0 Å². The maximum atomic E-state index is 11.2. The first-order chi connectivity index (χ1) is 6.77. The zero-order valence-electron chi connectivity index (χ0n) is 7.43. The van der Waals surface area contributed by atoms with Crippen LogP contribution in [0.15, 0.2) is 22.8 Å². The lowest BCUT2D eigenvalue weighted by molar-refractivity contribution is -0.120. The fourth-order valence-corrected chi connectivity index (χ4v) is 1.02. The normalized spacial score (nSPS) is 9.36. The average Bonchev–Trinajstić information content (AvgIpc) is 2.69. The fraction of sp³-hybridized carbons (Fsp3) is 0.300. The summed E-state index contributed by atoms with van der Waals surface area (Å²) < 4.78 is 5.01. The molecule has 0 unspecified atom stereocenters. The van der Waals surface area contributed by atoms with Crippen molar-refractivity contribution in [3.63, 3.8) is 0 Å². The summed E-state index contributed by atoms with van der Waals surface area (Å²) in [7, 11) is 0. The van der Waals surface area contributed by atoms with Crippen LogP contribution in [0, 0.1) is 28.6 Å². The van der Waals surface area contributed by atoms with Gasteiger partial charge in [0.25, 0.3) is 0 Å². The summed E-state index contributed by atoms with van der Waals surface area (Å²) >= 11 is 0. The molecule has 70 valence electrons. The number of rotatable bonds is 4. The summed E-state index contributed by atoms with van der Waals surface area (Å²) in [5, 5.41) is 16.9. The van der Waals surface area contributed by atoms with Gasteiger partial charge in [0.2, 0.25) is 0 Å². The van der Waals surface area contributed by atoms with Gasteiger partial charge >= 0.3 is 0 Å². The Bertz CT molecular complexity index is 367. The SMILES string of the molecule is N#CC(C#N)C(=O)CCc1ccco1. The largest absolute Gasteiger partial charge is 0.469 e. The Morgan fingerprint density at radius 1 is 1.50 bits per heavy atom. The van der Waals surface area contributed by atoms with Gasteiger partial charge in [-0.15, -0.1) is 0 Å². The summed E-state index contributed by atoms with van der Waals surface area (Å²) in [6.07, 6.45) is 2.12. The highest BCUT2D eigenvalue weighted by Gasteiger charge is 2.16. The van der Waals surface area contributed by atoms with Crippen LogP contribution in [-0.4, -0.2) is 5.78 Å². The third-order valence-electron chi connectivity index (χ3n) is 1.78. The van der Waals surface area contributed by atoms with E-state index in [1.807, 2.05) is 0 Å². The number of hydrogen-bond acceptors (Lipinski definition) is 4. The second-order valence-corrected chi connectivity index (χ2v) is 2.74. The first-order valence-corrected chi connectivity index (χ1v) is 4.12. The first kappa shape index (κ1) is 10.0. The molecule has 0 N–H and O–H groups in total. The molecule has 0 atom stereocenters. The minimum absolute atomic E-state index is 0.166. The number of nitrogens with zero attached hydrogens (tertiary/aromatic N) is 2. The molecular weight excluding hydrogens is 180 g/mol. The van der Waals surface area contributed by atoms with Crippen molar-refractivity contribution in [2.45, 2.75) is 12.8 Å². The molecule has 4 heteroatoms. The lowest BCUT2D eigenvalue weighted by Crippen LogP contribution is -2.10. The molecule has 0 aliphatic heterocycles. The molecule has 1 heterocycles. The molecule has 0 amide bonds. The Hall–Kier alpha value is -2.07. The fourth-order valence-electron chi connectivity index (χ4n) is 1.02. The van der Waals surface area contributed by atoms with Gasteiger partial charge in [0.1, 0.15) is 5.76 Å². The summed E-state index contributed by atoms with van der Waals surface area (Å²) in [5.74, 6) is -0.815. The Morgan fingerprint density at radius 2 is 2.21 bits per heavy atom. The van der Waals surface area contributed by atoms with Gasteiger partial charge in [-0.25, -0.2) is 0 Å². The van der Waals surface area contributed by atoms with E-state index in [-0.39, 0.29) is 12.2 Å². The Labute approximate surface area is 81.4 Å². The number of furan rings is 1. The van der Waals surface area contributed by atoms with Crippen LogP contribution in [-0.2, 0) is 11.2 Å². The number of Topliss-reactive ketones (excluding diaryl/α,β-unsaturated/α-hetero) is 1. The van der Waals surface area contributed by atoms with Crippen LogP contribution in [0.5, 0.6) is 0 Å². The number of aryl methyl sites for hydroxylation is 1.